The molecule has 0 aliphatic carbocycles. The van der Waals surface area contributed by atoms with Gasteiger partial charge in [0.25, 0.3) is 0 Å². The normalized spacial score (nSPS) is 10.9. The topological polar surface area (TPSA) is 114 Å². The summed E-state index contributed by atoms with van der Waals surface area (Å²) in [6.07, 6.45) is 1.82. The van der Waals surface area contributed by atoms with E-state index < -0.39 is 10.0 Å². The van der Waals surface area contributed by atoms with Gasteiger partial charge in [0.15, 0.2) is 0 Å². The van der Waals surface area contributed by atoms with Crippen molar-refractivity contribution in [3.63, 3.8) is 0 Å². The lowest BCUT2D eigenvalue weighted by Gasteiger charge is -2.05. The number of benzene rings is 1. The minimum absolute atomic E-state index is 0.193. The van der Waals surface area contributed by atoms with Crippen molar-refractivity contribution in [2.75, 3.05) is 13.1 Å². The van der Waals surface area contributed by atoms with E-state index in [0.717, 1.165) is 5.56 Å². The number of aromatic nitrogens is 3. The van der Waals surface area contributed by atoms with Gasteiger partial charge in [0.1, 0.15) is 12.2 Å². The van der Waals surface area contributed by atoms with Gasteiger partial charge in [-0.05, 0) is 24.3 Å². The zero-order chi connectivity index (χ0) is 15.1. The van der Waals surface area contributed by atoms with Gasteiger partial charge < -0.3 is 5.73 Å². The Morgan fingerprint density at radius 3 is 2.67 bits per heavy atom. The van der Waals surface area contributed by atoms with Crippen molar-refractivity contribution < 1.29 is 8.42 Å². The van der Waals surface area contributed by atoms with Crippen LogP contribution in [0, 0.1) is 11.8 Å². The molecule has 0 unspecified atom stereocenters. The first-order valence-corrected chi connectivity index (χ1v) is 7.73. The van der Waals surface area contributed by atoms with E-state index in [9.17, 15) is 8.42 Å². The molecule has 110 valence electrons. The first-order chi connectivity index (χ1) is 10.1. The predicted octanol–water partition coefficient (Wildman–Crippen LogP) is -0.364. The average molecular weight is 305 g/mol. The van der Waals surface area contributed by atoms with Crippen molar-refractivity contribution in [1.82, 2.24) is 19.9 Å². The number of nitrogens with two attached hydrogens (primary N) is 1. The number of nitrogens with zero attached hydrogens (tertiary/aromatic N) is 2. The van der Waals surface area contributed by atoms with Crippen molar-refractivity contribution in [3.05, 3.63) is 42.0 Å². The van der Waals surface area contributed by atoms with Gasteiger partial charge in [-0.15, -0.1) is 0 Å². The molecule has 21 heavy (non-hydrogen) atoms. The van der Waals surface area contributed by atoms with E-state index in [-0.39, 0.29) is 18.0 Å². The highest BCUT2D eigenvalue weighted by molar-refractivity contribution is 7.89. The van der Waals surface area contributed by atoms with Crippen LogP contribution < -0.4 is 10.5 Å². The molecular formula is C13H15N5O2S. The summed E-state index contributed by atoms with van der Waals surface area (Å²) >= 11 is 0. The average Bonchev–Trinajstić information content (AvgIpc) is 2.98. The van der Waals surface area contributed by atoms with Gasteiger partial charge >= 0.3 is 0 Å². The molecule has 0 spiro atoms. The van der Waals surface area contributed by atoms with Gasteiger partial charge in [-0.1, -0.05) is 11.8 Å². The zero-order valence-corrected chi connectivity index (χ0v) is 12.0. The highest BCUT2D eigenvalue weighted by Crippen LogP contribution is 2.09. The molecule has 0 amide bonds. The molecule has 1 aromatic heterocycles. The van der Waals surface area contributed by atoms with Crippen molar-refractivity contribution >= 4 is 10.0 Å². The molecule has 0 saturated carbocycles. The molecule has 2 rings (SSSR count). The van der Waals surface area contributed by atoms with Gasteiger partial charge in [-0.2, -0.15) is 5.10 Å². The highest BCUT2D eigenvalue weighted by atomic mass is 32.2. The van der Waals surface area contributed by atoms with Crippen LogP contribution in [0.1, 0.15) is 11.4 Å². The van der Waals surface area contributed by atoms with E-state index in [1.54, 1.807) is 12.1 Å². The maximum absolute atomic E-state index is 12.1. The molecule has 1 aromatic carbocycles. The second-order valence-corrected chi connectivity index (χ2v) is 5.88. The first kappa shape index (κ1) is 15.2. The van der Waals surface area contributed by atoms with Gasteiger partial charge in [0.05, 0.1) is 11.4 Å². The summed E-state index contributed by atoms with van der Waals surface area (Å²) in [5.41, 5.74) is 6.00. The van der Waals surface area contributed by atoms with Crippen LogP contribution in [0.2, 0.25) is 0 Å². The zero-order valence-electron chi connectivity index (χ0n) is 11.2. The lowest BCUT2D eigenvalue weighted by atomic mass is 10.2. The minimum atomic E-state index is -3.54. The summed E-state index contributed by atoms with van der Waals surface area (Å²) in [7, 11) is -3.54. The third-order valence-electron chi connectivity index (χ3n) is 2.62. The second kappa shape index (κ2) is 6.99. The third-order valence-corrected chi connectivity index (χ3v) is 4.10. The van der Waals surface area contributed by atoms with Gasteiger partial charge in [-0.3, -0.25) is 5.10 Å². The summed E-state index contributed by atoms with van der Waals surface area (Å²) in [4.78, 5) is 4.11. The molecule has 4 N–H and O–H groups in total. The number of sulfonamides is 1. The smallest absolute Gasteiger partial charge is 0.240 e. The van der Waals surface area contributed by atoms with Crippen LogP contribution in [0.15, 0.2) is 35.5 Å². The lowest BCUT2D eigenvalue weighted by Crippen LogP contribution is -2.26. The summed E-state index contributed by atoms with van der Waals surface area (Å²) in [6.45, 7) is 0.509. The van der Waals surface area contributed by atoms with E-state index >= 15 is 0 Å². The molecule has 0 radical (unpaired) electrons. The Balaban J connectivity index is 1.98. The van der Waals surface area contributed by atoms with Crippen LogP contribution in [-0.4, -0.2) is 36.7 Å². The van der Waals surface area contributed by atoms with Crippen LogP contribution in [-0.2, 0) is 16.4 Å². The van der Waals surface area contributed by atoms with Gasteiger partial charge in [0, 0.05) is 18.5 Å². The number of hydrogen-bond donors (Lipinski definition) is 3. The van der Waals surface area contributed by atoms with Gasteiger partial charge in [-0.25, -0.2) is 18.1 Å². The number of hydrogen-bond acceptors (Lipinski definition) is 5. The maximum Gasteiger partial charge on any atom is 0.240 e. The number of nitrogens with one attached hydrogen (secondary N) is 2. The fourth-order valence-electron chi connectivity index (χ4n) is 1.61. The summed E-state index contributed by atoms with van der Waals surface area (Å²) < 4.78 is 26.6. The molecule has 0 saturated heterocycles. The molecule has 0 fully saturated rings. The van der Waals surface area contributed by atoms with Crippen LogP contribution in [0.4, 0.5) is 0 Å². The van der Waals surface area contributed by atoms with Crippen molar-refractivity contribution in [3.8, 4) is 11.8 Å². The Kier molecular flexibility index (Phi) is 5.05. The lowest BCUT2D eigenvalue weighted by molar-refractivity contribution is 0.581. The molecule has 8 heteroatoms. The summed E-state index contributed by atoms with van der Waals surface area (Å²) in [5, 5.41) is 6.36. The van der Waals surface area contributed by atoms with Crippen molar-refractivity contribution in [1.29, 1.82) is 0 Å². The third kappa shape index (κ3) is 4.39. The molecule has 7 nitrogen and oxygen atoms in total. The molecular weight excluding hydrogens is 290 g/mol. The fourth-order valence-corrected chi connectivity index (χ4v) is 2.64. The highest BCUT2D eigenvalue weighted by Gasteiger charge is 2.13. The Morgan fingerprint density at radius 2 is 2.05 bits per heavy atom. The SMILES string of the molecule is NCC#Cc1ccc(S(=O)(=O)NCCc2ncn[nH]2)cc1. The Bertz CT molecular complexity index is 727. The molecule has 1 heterocycles. The van der Waals surface area contributed by atoms with E-state index in [1.807, 2.05) is 0 Å². The van der Waals surface area contributed by atoms with Crippen molar-refractivity contribution in [2.45, 2.75) is 11.3 Å². The quantitative estimate of drug-likeness (QED) is 0.653. The molecule has 0 aliphatic heterocycles. The molecule has 0 atom stereocenters. The predicted molar refractivity (Wildman–Crippen MR) is 77.6 cm³/mol. The molecule has 0 bridgehead atoms. The Hall–Kier alpha value is -2.21. The summed E-state index contributed by atoms with van der Waals surface area (Å²) in [6, 6.07) is 6.32. The summed E-state index contributed by atoms with van der Waals surface area (Å²) in [5.74, 6) is 6.17. The molecule has 2 aromatic rings. The van der Waals surface area contributed by atoms with Crippen molar-refractivity contribution in [2.24, 2.45) is 5.73 Å². The minimum Gasteiger partial charge on any atom is -0.320 e. The Labute approximate surface area is 123 Å². The van der Waals surface area contributed by atoms with E-state index in [2.05, 4.69) is 31.7 Å². The fraction of sp³-hybridized carbons (Fsp3) is 0.231. The Morgan fingerprint density at radius 1 is 1.29 bits per heavy atom. The van der Waals surface area contributed by atoms with E-state index in [0.29, 0.717) is 12.2 Å². The van der Waals surface area contributed by atoms with Crippen LogP contribution in [0.3, 0.4) is 0 Å². The number of rotatable bonds is 5. The van der Waals surface area contributed by atoms with Crippen LogP contribution >= 0.6 is 0 Å². The van der Waals surface area contributed by atoms with E-state index in [4.69, 9.17) is 5.73 Å². The standard InChI is InChI=1S/C13H15N5O2S/c14-8-1-2-11-3-5-12(6-4-11)21(19,20)17-9-7-13-15-10-16-18-13/h3-6,10,17H,7-9,14H2,(H,15,16,18). The second-order valence-electron chi connectivity index (χ2n) is 4.11. The van der Waals surface area contributed by atoms with E-state index in [1.165, 1.54) is 18.5 Å². The largest absolute Gasteiger partial charge is 0.320 e. The van der Waals surface area contributed by atoms with Crippen LogP contribution in [0.5, 0.6) is 0 Å². The maximum atomic E-state index is 12.1. The van der Waals surface area contributed by atoms with Crippen LogP contribution in [0.25, 0.3) is 0 Å². The number of aromatic amines is 1. The number of H-pyrrole nitrogens is 1. The monoisotopic (exact) mass is 305 g/mol. The first-order valence-electron chi connectivity index (χ1n) is 6.25. The molecule has 0 aliphatic rings. The van der Waals surface area contributed by atoms with Gasteiger partial charge in [0.2, 0.25) is 10.0 Å².